The fourth-order valence-corrected chi connectivity index (χ4v) is 4.20. The Kier molecular flexibility index (Phi) is 10.5. The third-order valence-electron chi connectivity index (χ3n) is 4.74. The zero-order valence-corrected chi connectivity index (χ0v) is 20.1. The molecular weight excluding hydrogens is 457 g/mol. The number of aliphatic imine (C=N–C) groups is 1. The molecule has 2 unspecified atom stereocenters. The van der Waals surface area contributed by atoms with Gasteiger partial charge in [0.2, 0.25) is 0 Å². The molecule has 1 aromatic heterocycles. The van der Waals surface area contributed by atoms with Crippen molar-refractivity contribution in [2.45, 2.75) is 53.1 Å². The average Bonchev–Trinajstić information content (AvgIpc) is 3.09. The molecule has 0 aliphatic carbocycles. The number of ether oxygens (including phenoxy) is 1. The molecular formula is C20H36IN3OS. The van der Waals surface area contributed by atoms with Gasteiger partial charge in [0.25, 0.3) is 0 Å². The van der Waals surface area contributed by atoms with Crippen molar-refractivity contribution in [2.24, 2.45) is 16.3 Å². The summed E-state index contributed by atoms with van der Waals surface area (Å²) in [5.41, 5.74) is 0.171. The smallest absolute Gasteiger partial charge is 0.193 e. The fourth-order valence-electron chi connectivity index (χ4n) is 3.50. The zero-order chi connectivity index (χ0) is 18.3. The van der Waals surface area contributed by atoms with Gasteiger partial charge in [-0.05, 0) is 43.0 Å². The zero-order valence-electron chi connectivity index (χ0n) is 17.0. The van der Waals surface area contributed by atoms with Crippen LogP contribution in [0.25, 0.3) is 0 Å². The second kappa shape index (κ2) is 11.5. The van der Waals surface area contributed by atoms with E-state index in [1.165, 1.54) is 11.3 Å². The Balaban J connectivity index is 0.00000338. The Bertz CT molecular complexity index is 528. The summed E-state index contributed by atoms with van der Waals surface area (Å²) in [4.78, 5) is 8.63. The lowest BCUT2D eigenvalue weighted by Crippen LogP contribution is -2.43. The quantitative estimate of drug-likeness (QED) is 0.356. The molecule has 2 heterocycles. The van der Waals surface area contributed by atoms with Crippen LogP contribution in [0.4, 0.5) is 0 Å². The van der Waals surface area contributed by atoms with Gasteiger partial charge in [0.15, 0.2) is 5.96 Å². The van der Waals surface area contributed by atoms with Crippen LogP contribution in [0.5, 0.6) is 0 Å². The maximum absolute atomic E-state index is 6.10. The van der Waals surface area contributed by atoms with Crippen molar-refractivity contribution in [3.63, 3.8) is 0 Å². The van der Waals surface area contributed by atoms with Gasteiger partial charge in [-0.1, -0.05) is 26.8 Å². The molecule has 26 heavy (non-hydrogen) atoms. The molecule has 1 aliphatic heterocycles. The first-order valence-corrected chi connectivity index (χ1v) is 10.4. The Morgan fingerprint density at radius 3 is 2.81 bits per heavy atom. The number of nitrogens with zero attached hydrogens (tertiary/aromatic N) is 2. The van der Waals surface area contributed by atoms with Crippen molar-refractivity contribution in [3.05, 3.63) is 22.4 Å². The van der Waals surface area contributed by atoms with Crippen molar-refractivity contribution in [3.8, 4) is 0 Å². The van der Waals surface area contributed by atoms with E-state index in [-0.39, 0.29) is 29.4 Å². The summed E-state index contributed by atoms with van der Waals surface area (Å²) < 4.78 is 6.10. The van der Waals surface area contributed by atoms with E-state index in [0.29, 0.717) is 12.0 Å². The molecule has 1 aliphatic rings. The van der Waals surface area contributed by atoms with Gasteiger partial charge in [-0.3, -0.25) is 4.99 Å². The number of hydrogen-bond acceptors (Lipinski definition) is 3. The van der Waals surface area contributed by atoms with Gasteiger partial charge in [0.1, 0.15) is 0 Å². The first-order valence-electron chi connectivity index (χ1n) is 9.55. The molecule has 0 saturated carbocycles. The predicted molar refractivity (Wildman–Crippen MR) is 124 cm³/mol. The highest BCUT2D eigenvalue weighted by Gasteiger charge is 2.35. The Hall–Kier alpha value is -0.340. The third kappa shape index (κ3) is 7.35. The Morgan fingerprint density at radius 2 is 2.19 bits per heavy atom. The maximum Gasteiger partial charge on any atom is 0.193 e. The van der Waals surface area contributed by atoms with Crippen LogP contribution in [0.1, 0.15) is 45.4 Å². The summed E-state index contributed by atoms with van der Waals surface area (Å²) in [5, 5.41) is 5.59. The molecule has 0 radical (unpaired) electrons. The van der Waals surface area contributed by atoms with Crippen LogP contribution in [-0.2, 0) is 11.2 Å². The Labute approximate surface area is 180 Å². The van der Waals surface area contributed by atoms with Crippen LogP contribution in [0.3, 0.4) is 0 Å². The molecule has 0 bridgehead atoms. The lowest BCUT2D eigenvalue weighted by Gasteiger charge is -2.39. The van der Waals surface area contributed by atoms with Gasteiger partial charge in [0.05, 0.1) is 6.10 Å². The van der Waals surface area contributed by atoms with Crippen molar-refractivity contribution in [1.82, 2.24) is 10.2 Å². The molecule has 1 aromatic rings. The number of hydrogen-bond donors (Lipinski definition) is 1. The molecule has 0 spiro atoms. The molecule has 2 rings (SSSR count). The molecule has 2 atom stereocenters. The number of likely N-dealkylation sites (N-methyl/N-ethyl adjacent to an activating group) is 1. The van der Waals surface area contributed by atoms with E-state index in [0.717, 1.165) is 45.0 Å². The van der Waals surface area contributed by atoms with Crippen LogP contribution in [0.15, 0.2) is 22.5 Å². The molecule has 4 nitrogen and oxygen atoms in total. The van der Waals surface area contributed by atoms with Crippen molar-refractivity contribution in [1.29, 1.82) is 0 Å². The minimum atomic E-state index is 0. The van der Waals surface area contributed by atoms with Crippen LogP contribution >= 0.6 is 35.3 Å². The standard InChI is InChI=1S/C20H35N3OS.HI/c1-6-21-19(23(5)12-11-17-10-8-14-25-17)22-15-16-9-7-13-24-18(16)20(2,3)4;/h8,10,14,16,18H,6-7,9,11-13,15H2,1-5H3,(H,21,22);1H. The fraction of sp³-hybridized carbons (Fsp3) is 0.750. The van der Waals surface area contributed by atoms with Gasteiger partial charge in [0, 0.05) is 44.1 Å². The number of rotatable bonds is 6. The summed E-state index contributed by atoms with van der Waals surface area (Å²) in [5.74, 6) is 1.52. The van der Waals surface area contributed by atoms with E-state index in [1.54, 1.807) is 0 Å². The first-order chi connectivity index (χ1) is 11.9. The number of thiophene rings is 1. The van der Waals surface area contributed by atoms with Crippen molar-refractivity contribution >= 4 is 41.3 Å². The van der Waals surface area contributed by atoms with Gasteiger partial charge >= 0.3 is 0 Å². The van der Waals surface area contributed by atoms with Gasteiger partial charge < -0.3 is 15.0 Å². The molecule has 150 valence electrons. The molecule has 1 saturated heterocycles. The predicted octanol–water partition coefficient (Wildman–Crippen LogP) is 4.65. The molecule has 6 heteroatoms. The lowest BCUT2D eigenvalue weighted by atomic mass is 9.78. The van der Waals surface area contributed by atoms with Gasteiger partial charge in [-0.2, -0.15) is 0 Å². The molecule has 0 aromatic carbocycles. The number of nitrogens with one attached hydrogen (secondary N) is 1. The first kappa shape index (κ1) is 23.7. The summed E-state index contributed by atoms with van der Waals surface area (Å²) in [6.07, 6.45) is 3.72. The highest BCUT2D eigenvalue weighted by atomic mass is 127. The molecule has 0 amide bonds. The minimum Gasteiger partial charge on any atom is -0.377 e. The van der Waals surface area contributed by atoms with E-state index < -0.39 is 0 Å². The summed E-state index contributed by atoms with van der Waals surface area (Å²) in [7, 11) is 2.13. The van der Waals surface area contributed by atoms with E-state index in [1.807, 2.05) is 11.3 Å². The van der Waals surface area contributed by atoms with Crippen molar-refractivity contribution in [2.75, 3.05) is 33.3 Å². The van der Waals surface area contributed by atoms with E-state index >= 15 is 0 Å². The number of halogens is 1. The van der Waals surface area contributed by atoms with E-state index in [4.69, 9.17) is 9.73 Å². The monoisotopic (exact) mass is 493 g/mol. The highest BCUT2D eigenvalue weighted by molar-refractivity contribution is 14.0. The summed E-state index contributed by atoms with van der Waals surface area (Å²) in [6.45, 7) is 12.6. The SMILES string of the molecule is CCNC(=NCC1CCCOC1C(C)(C)C)N(C)CCc1cccs1.I. The van der Waals surface area contributed by atoms with Gasteiger partial charge in [-0.25, -0.2) is 0 Å². The average molecular weight is 493 g/mol. The third-order valence-corrected chi connectivity index (χ3v) is 5.68. The number of guanidine groups is 1. The van der Waals surface area contributed by atoms with Crippen LogP contribution in [0, 0.1) is 11.3 Å². The lowest BCUT2D eigenvalue weighted by molar-refractivity contribution is -0.0824. The van der Waals surface area contributed by atoms with E-state index in [2.05, 4.69) is 62.5 Å². The Morgan fingerprint density at radius 1 is 1.42 bits per heavy atom. The normalized spacial score (nSPS) is 21.2. The van der Waals surface area contributed by atoms with Crippen LogP contribution < -0.4 is 5.32 Å². The largest absolute Gasteiger partial charge is 0.377 e. The highest BCUT2D eigenvalue weighted by Crippen LogP contribution is 2.34. The second-order valence-electron chi connectivity index (χ2n) is 8.01. The van der Waals surface area contributed by atoms with Crippen molar-refractivity contribution < 1.29 is 4.74 Å². The summed E-state index contributed by atoms with van der Waals surface area (Å²) >= 11 is 1.83. The van der Waals surface area contributed by atoms with Crippen LogP contribution in [0.2, 0.25) is 0 Å². The second-order valence-corrected chi connectivity index (χ2v) is 9.04. The van der Waals surface area contributed by atoms with E-state index in [9.17, 15) is 0 Å². The summed E-state index contributed by atoms with van der Waals surface area (Å²) in [6, 6.07) is 4.32. The van der Waals surface area contributed by atoms with Gasteiger partial charge in [-0.15, -0.1) is 35.3 Å². The topological polar surface area (TPSA) is 36.9 Å². The minimum absolute atomic E-state index is 0. The maximum atomic E-state index is 6.10. The van der Waals surface area contributed by atoms with Crippen LogP contribution in [-0.4, -0.2) is 50.3 Å². The molecule has 1 fully saturated rings. The molecule has 1 N–H and O–H groups in total.